The van der Waals surface area contributed by atoms with E-state index in [1.807, 2.05) is 30.8 Å². The molecule has 20 heavy (non-hydrogen) atoms. The number of aryl methyl sites for hydroxylation is 2. The van der Waals surface area contributed by atoms with Gasteiger partial charge in [0.2, 0.25) is 0 Å². The molecule has 1 aromatic carbocycles. The third kappa shape index (κ3) is 3.57. The van der Waals surface area contributed by atoms with E-state index in [9.17, 15) is 0 Å². The van der Waals surface area contributed by atoms with E-state index >= 15 is 0 Å². The smallest absolute Gasteiger partial charge is 0.0987 e. The Morgan fingerprint density at radius 1 is 1.45 bits per heavy atom. The summed E-state index contributed by atoms with van der Waals surface area (Å²) in [5, 5.41) is 6.27. The summed E-state index contributed by atoms with van der Waals surface area (Å²) in [7, 11) is 1.96. The predicted molar refractivity (Wildman–Crippen MR) is 85.5 cm³/mol. The lowest BCUT2D eigenvalue weighted by atomic mass is 10.0. The summed E-state index contributed by atoms with van der Waals surface area (Å²) >= 11 is 8.04. The molecule has 3 nitrogen and oxygen atoms in total. The van der Waals surface area contributed by atoms with Crippen LogP contribution in [0.1, 0.15) is 24.6 Å². The minimum atomic E-state index is 0.141. The topological polar surface area (TPSA) is 43.8 Å². The van der Waals surface area contributed by atoms with Gasteiger partial charge in [-0.2, -0.15) is 5.10 Å². The highest BCUT2D eigenvalue weighted by molar-refractivity contribution is 7.99. The normalized spacial score (nSPS) is 12.7. The van der Waals surface area contributed by atoms with Crippen LogP contribution in [0.25, 0.3) is 0 Å². The molecule has 0 aliphatic rings. The van der Waals surface area contributed by atoms with E-state index in [0.29, 0.717) is 0 Å². The second kappa shape index (κ2) is 6.66. The van der Waals surface area contributed by atoms with Gasteiger partial charge >= 0.3 is 0 Å². The number of aromatic nitrogens is 2. The minimum Gasteiger partial charge on any atom is -0.327 e. The van der Waals surface area contributed by atoms with Crippen LogP contribution < -0.4 is 5.73 Å². The zero-order valence-electron chi connectivity index (χ0n) is 12.1. The van der Waals surface area contributed by atoms with Gasteiger partial charge in [-0.3, -0.25) is 4.68 Å². The second-order valence-corrected chi connectivity index (χ2v) is 6.41. The number of hydrogen-bond donors (Lipinski definition) is 1. The van der Waals surface area contributed by atoms with Gasteiger partial charge in [0.1, 0.15) is 0 Å². The Kier molecular flexibility index (Phi) is 5.13. The summed E-state index contributed by atoms with van der Waals surface area (Å²) in [5.74, 6) is 0. The van der Waals surface area contributed by atoms with Crippen molar-refractivity contribution in [2.24, 2.45) is 12.8 Å². The minimum absolute atomic E-state index is 0.141. The first kappa shape index (κ1) is 15.4. The monoisotopic (exact) mass is 309 g/mol. The van der Waals surface area contributed by atoms with Crippen LogP contribution in [0.3, 0.4) is 0 Å². The van der Waals surface area contributed by atoms with Crippen molar-refractivity contribution < 1.29 is 0 Å². The summed E-state index contributed by atoms with van der Waals surface area (Å²) in [5.41, 5.74) is 8.23. The molecular weight excluding hydrogens is 290 g/mol. The van der Waals surface area contributed by atoms with Gasteiger partial charge in [0.05, 0.1) is 10.7 Å². The van der Waals surface area contributed by atoms with Gasteiger partial charge in [-0.15, -0.1) is 0 Å². The molecular formula is C15H20ClN3S. The number of hydrogen-bond acceptors (Lipinski definition) is 3. The zero-order chi connectivity index (χ0) is 14.7. The number of benzene rings is 1. The van der Waals surface area contributed by atoms with Crippen molar-refractivity contribution in [1.82, 2.24) is 9.78 Å². The fraction of sp³-hybridized carbons (Fsp3) is 0.400. The molecule has 0 bridgehead atoms. The SMILES string of the molecule is CCC(N)Cc1c(Cl)cccc1Sc1cc(C)nn1C. The van der Waals surface area contributed by atoms with Crippen LogP contribution in [-0.2, 0) is 13.5 Å². The van der Waals surface area contributed by atoms with Crippen molar-refractivity contribution in [2.75, 3.05) is 0 Å². The van der Waals surface area contributed by atoms with E-state index in [1.165, 1.54) is 0 Å². The van der Waals surface area contributed by atoms with Crippen molar-refractivity contribution in [2.45, 2.75) is 42.7 Å². The highest BCUT2D eigenvalue weighted by atomic mass is 35.5. The van der Waals surface area contributed by atoms with E-state index in [1.54, 1.807) is 11.8 Å². The number of halogens is 1. The van der Waals surface area contributed by atoms with Crippen molar-refractivity contribution in [3.63, 3.8) is 0 Å². The summed E-state index contributed by atoms with van der Waals surface area (Å²) in [6, 6.07) is 8.22. The van der Waals surface area contributed by atoms with Gasteiger partial charge in [-0.05, 0) is 43.5 Å². The Bertz CT molecular complexity index is 595. The molecule has 0 amide bonds. The summed E-state index contributed by atoms with van der Waals surface area (Å²) in [6.45, 7) is 4.09. The zero-order valence-corrected chi connectivity index (χ0v) is 13.6. The largest absolute Gasteiger partial charge is 0.327 e. The number of nitrogens with zero attached hydrogens (tertiary/aromatic N) is 2. The quantitative estimate of drug-likeness (QED) is 0.913. The van der Waals surface area contributed by atoms with Crippen LogP contribution in [0.15, 0.2) is 34.2 Å². The lowest BCUT2D eigenvalue weighted by molar-refractivity contribution is 0.641. The van der Waals surface area contributed by atoms with E-state index in [4.69, 9.17) is 17.3 Å². The van der Waals surface area contributed by atoms with Crippen LogP contribution in [0.5, 0.6) is 0 Å². The molecule has 1 atom stereocenters. The Morgan fingerprint density at radius 3 is 2.80 bits per heavy atom. The lowest BCUT2D eigenvalue weighted by Crippen LogP contribution is -2.21. The first-order valence-electron chi connectivity index (χ1n) is 6.72. The fourth-order valence-electron chi connectivity index (χ4n) is 2.03. The maximum absolute atomic E-state index is 6.35. The Hall–Kier alpha value is -0.970. The van der Waals surface area contributed by atoms with Crippen molar-refractivity contribution in [1.29, 1.82) is 0 Å². The summed E-state index contributed by atoms with van der Waals surface area (Å²) in [4.78, 5) is 1.16. The molecule has 2 N–H and O–H groups in total. The van der Waals surface area contributed by atoms with Crippen LogP contribution >= 0.6 is 23.4 Å². The van der Waals surface area contributed by atoms with Gasteiger partial charge in [0.15, 0.2) is 0 Å². The van der Waals surface area contributed by atoms with Gasteiger partial charge < -0.3 is 5.73 Å². The number of nitrogens with two attached hydrogens (primary N) is 1. The molecule has 0 spiro atoms. The lowest BCUT2D eigenvalue weighted by Gasteiger charge is -2.14. The van der Waals surface area contributed by atoms with Gasteiger partial charge in [0.25, 0.3) is 0 Å². The maximum Gasteiger partial charge on any atom is 0.0987 e. The standard InChI is InChI=1S/C15H20ClN3S/c1-4-11(17)9-12-13(16)6-5-7-14(12)20-15-8-10(2)18-19(15)3/h5-8,11H,4,9,17H2,1-3H3. The molecule has 1 aromatic heterocycles. The fourth-order valence-corrected chi connectivity index (χ4v) is 3.43. The summed E-state index contributed by atoms with van der Waals surface area (Å²) < 4.78 is 1.89. The van der Waals surface area contributed by atoms with Crippen molar-refractivity contribution in [3.05, 3.63) is 40.5 Å². The first-order chi connectivity index (χ1) is 9.51. The van der Waals surface area contributed by atoms with E-state index in [-0.39, 0.29) is 6.04 Å². The highest BCUT2D eigenvalue weighted by Crippen LogP contribution is 2.34. The molecule has 0 saturated carbocycles. The molecule has 0 fully saturated rings. The number of rotatable bonds is 5. The van der Waals surface area contributed by atoms with E-state index in [0.717, 1.165) is 39.0 Å². The predicted octanol–water partition coefficient (Wildman–Crippen LogP) is 3.81. The Morgan fingerprint density at radius 2 is 2.20 bits per heavy atom. The second-order valence-electron chi connectivity index (χ2n) is 4.94. The molecule has 2 rings (SSSR count). The molecule has 1 unspecified atom stereocenters. The third-order valence-corrected chi connectivity index (χ3v) is 4.79. The molecule has 0 aliphatic carbocycles. The Labute approximate surface area is 129 Å². The average molecular weight is 310 g/mol. The first-order valence-corrected chi connectivity index (χ1v) is 7.92. The molecule has 0 aliphatic heterocycles. The average Bonchev–Trinajstić information content (AvgIpc) is 2.71. The van der Waals surface area contributed by atoms with Crippen molar-refractivity contribution in [3.8, 4) is 0 Å². The molecule has 2 aromatic rings. The molecule has 0 radical (unpaired) electrons. The third-order valence-electron chi connectivity index (χ3n) is 3.24. The molecule has 108 valence electrons. The molecule has 1 heterocycles. The van der Waals surface area contributed by atoms with Gasteiger partial charge in [0, 0.05) is 23.0 Å². The van der Waals surface area contributed by atoms with Crippen LogP contribution in [0.4, 0.5) is 0 Å². The molecule has 5 heteroatoms. The maximum atomic E-state index is 6.35. The van der Waals surface area contributed by atoms with Gasteiger partial charge in [-0.1, -0.05) is 36.4 Å². The van der Waals surface area contributed by atoms with E-state index in [2.05, 4.69) is 24.2 Å². The van der Waals surface area contributed by atoms with Gasteiger partial charge in [-0.25, -0.2) is 0 Å². The van der Waals surface area contributed by atoms with Crippen LogP contribution in [0.2, 0.25) is 5.02 Å². The van der Waals surface area contributed by atoms with Crippen LogP contribution in [0, 0.1) is 6.92 Å². The Balaban J connectivity index is 2.31. The van der Waals surface area contributed by atoms with E-state index < -0.39 is 0 Å². The highest BCUT2D eigenvalue weighted by Gasteiger charge is 2.13. The molecule has 0 saturated heterocycles. The summed E-state index contributed by atoms with van der Waals surface area (Å²) in [6.07, 6.45) is 1.75. The van der Waals surface area contributed by atoms with Crippen LogP contribution in [-0.4, -0.2) is 15.8 Å². The van der Waals surface area contributed by atoms with Crippen molar-refractivity contribution >= 4 is 23.4 Å².